The van der Waals surface area contributed by atoms with Gasteiger partial charge in [0.2, 0.25) is 0 Å². The number of ether oxygens (including phenoxy) is 1. The lowest BCUT2D eigenvalue weighted by Gasteiger charge is -2.30. The first-order chi connectivity index (χ1) is 16.2. The quantitative estimate of drug-likeness (QED) is 0.395. The number of anilines is 1. The van der Waals surface area contributed by atoms with Crippen molar-refractivity contribution in [3.63, 3.8) is 0 Å². The Morgan fingerprint density at radius 1 is 1.18 bits per heavy atom. The third-order valence-electron chi connectivity index (χ3n) is 5.40. The molecule has 180 valence electrons. The largest absolute Gasteiger partial charge is 0.491 e. The van der Waals surface area contributed by atoms with E-state index >= 15 is 0 Å². The smallest absolute Gasteiger partial charge is 0.266 e. The number of hydrogen-bond acceptors (Lipinski definition) is 6. The number of nitrogens with one attached hydrogen (secondary N) is 1. The summed E-state index contributed by atoms with van der Waals surface area (Å²) in [5.74, 6) is -1.81. The van der Waals surface area contributed by atoms with Gasteiger partial charge in [0.25, 0.3) is 10.0 Å². The zero-order valence-electron chi connectivity index (χ0n) is 17.5. The van der Waals surface area contributed by atoms with Crippen LogP contribution in [0.5, 0.6) is 5.75 Å². The number of hydrogen-bond donors (Lipinski definition) is 2. The van der Waals surface area contributed by atoms with Crippen molar-refractivity contribution in [1.29, 1.82) is 0 Å². The van der Waals surface area contributed by atoms with Crippen molar-refractivity contribution < 1.29 is 21.9 Å². The van der Waals surface area contributed by atoms with Crippen LogP contribution in [0.3, 0.4) is 0 Å². The van der Waals surface area contributed by atoms with Crippen LogP contribution in [0.2, 0.25) is 10.0 Å². The summed E-state index contributed by atoms with van der Waals surface area (Å²) in [5.41, 5.74) is 9.31. The molecule has 0 bridgehead atoms. The standard InChI is InChI=1S/C22H19Cl2F2N3O3S2/c23-15-6-12(4-5-17(15)25)13-2-1-3-19(27)14(13)9-32-20-8-18(26)21(7-16(20)24)34(30,31)29-22-10-33-11-28-22/h2,4-8,10-11,14,19,29H,1,3,9,27H2. The molecule has 6 nitrogen and oxygen atoms in total. The average Bonchev–Trinajstić information content (AvgIpc) is 3.28. The first-order valence-electron chi connectivity index (χ1n) is 10.1. The van der Waals surface area contributed by atoms with Gasteiger partial charge in [0.15, 0.2) is 5.82 Å². The second-order valence-electron chi connectivity index (χ2n) is 7.64. The highest BCUT2D eigenvalue weighted by molar-refractivity contribution is 7.92. The van der Waals surface area contributed by atoms with E-state index in [1.807, 2.05) is 6.08 Å². The molecule has 1 heterocycles. The van der Waals surface area contributed by atoms with Crippen molar-refractivity contribution in [3.8, 4) is 5.75 Å². The molecule has 3 aromatic rings. The first-order valence-corrected chi connectivity index (χ1v) is 13.3. The number of nitrogens with zero attached hydrogens (tertiary/aromatic N) is 1. The Morgan fingerprint density at radius 3 is 2.68 bits per heavy atom. The Hall–Kier alpha value is -2.24. The summed E-state index contributed by atoms with van der Waals surface area (Å²) < 4.78 is 61.4. The molecular formula is C22H19Cl2F2N3O3S2. The number of benzene rings is 2. The number of thiazole rings is 1. The summed E-state index contributed by atoms with van der Waals surface area (Å²) in [6.45, 7) is 0.0460. The molecule has 2 unspecified atom stereocenters. The number of nitrogens with two attached hydrogens (primary N) is 1. The van der Waals surface area contributed by atoms with Crippen LogP contribution in [0, 0.1) is 17.6 Å². The molecule has 3 N–H and O–H groups in total. The number of aromatic nitrogens is 1. The van der Waals surface area contributed by atoms with E-state index in [9.17, 15) is 17.2 Å². The maximum atomic E-state index is 14.8. The van der Waals surface area contributed by atoms with E-state index in [0.29, 0.717) is 12.0 Å². The van der Waals surface area contributed by atoms with Crippen LogP contribution >= 0.6 is 34.5 Å². The van der Waals surface area contributed by atoms with Gasteiger partial charge in [0, 0.05) is 23.4 Å². The van der Waals surface area contributed by atoms with Crippen molar-refractivity contribution in [2.45, 2.75) is 23.8 Å². The fourth-order valence-electron chi connectivity index (χ4n) is 3.70. The minimum Gasteiger partial charge on any atom is -0.491 e. The Labute approximate surface area is 209 Å². The van der Waals surface area contributed by atoms with Crippen molar-refractivity contribution in [1.82, 2.24) is 4.98 Å². The van der Waals surface area contributed by atoms with Crippen LogP contribution in [-0.2, 0) is 10.0 Å². The minimum absolute atomic E-state index is 0.00890. The predicted octanol–water partition coefficient (Wildman–Crippen LogP) is 5.73. The van der Waals surface area contributed by atoms with Gasteiger partial charge in [-0.3, -0.25) is 4.72 Å². The molecule has 12 heteroatoms. The molecule has 0 aliphatic heterocycles. The Morgan fingerprint density at radius 2 is 1.97 bits per heavy atom. The summed E-state index contributed by atoms with van der Waals surface area (Å²) in [4.78, 5) is 3.20. The fourth-order valence-corrected chi connectivity index (χ4v) is 5.81. The number of rotatable bonds is 7. The topological polar surface area (TPSA) is 94.3 Å². The van der Waals surface area contributed by atoms with Crippen LogP contribution < -0.4 is 15.2 Å². The van der Waals surface area contributed by atoms with E-state index in [-0.39, 0.29) is 40.2 Å². The zero-order valence-corrected chi connectivity index (χ0v) is 20.6. The van der Waals surface area contributed by atoms with Gasteiger partial charge < -0.3 is 10.5 Å². The lowest BCUT2D eigenvalue weighted by atomic mass is 9.81. The lowest BCUT2D eigenvalue weighted by molar-refractivity contribution is 0.252. The highest BCUT2D eigenvalue weighted by Gasteiger charge is 2.28. The maximum Gasteiger partial charge on any atom is 0.266 e. The second-order valence-corrected chi connectivity index (χ2v) is 10.8. The Bertz CT molecular complexity index is 1340. The van der Waals surface area contributed by atoms with Gasteiger partial charge in [-0.05, 0) is 42.2 Å². The van der Waals surface area contributed by atoms with E-state index in [0.717, 1.165) is 24.1 Å². The maximum absolute atomic E-state index is 14.8. The van der Waals surface area contributed by atoms with Crippen molar-refractivity contribution in [3.05, 3.63) is 74.5 Å². The normalized spacial score (nSPS) is 18.4. The van der Waals surface area contributed by atoms with E-state index in [2.05, 4.69) is 9.71 Å². The predicted molar refractivity (Wildman–Crippen MR) is 130 cm³/mol. The molecule has 0 fully saturated rings. The fraction of sp³-hybridized carbons (Fsp3) is 0.227. The molecule has 4 rings (SSSR count). The summed E-state index contributed by atoms with van der Waals surface area (Å²) >= 11 is 13.4. The van der Waals surface area contributed by atoms with E-state index in [1.54, 1.807) is 6.07 Å². The molecule has 2 atom stereocenters. The molecular weight excluding hydrogens is 527 g/mol. The molecule has 0 radical (unpaired) electrons. The van der Waals surface area contributed by atoms with Crippen LogP contribution in [0.25, 0.3) is 5.57 Å². The Kier molecular flexibility index (Phi) is 7.44. The monoisotopic (exact) mass is 545 g/mol. The summed E-state index contributed by atoms with van der Waals surface area (Å²) in [5, 5.41) is 1.38. The molecule has 0 amide bonds. The third-order valence-corrected chi connectivity index (χ3v) is 7.94. The molecule has 2 aromatic carbocycles. The van der Waals surface area contributed by atoms with Crippen molar-refractivity contribution in [2.24, 2.45) is 11.7 Å². The number of sulfonamides is 1. The van der Waals surface area contributed by atoms with Gasteiger partial charge in [-0.25, -0.2) is 22.2 Å². The molecule has 0 saturated carbocycles. The van der Waals surface area contributed by atoms with Crippen molar-refractivity contribution >= 4 is 56.0 Å². The van der Waals surface area contributed by atoms with Crippen molar-refractivity contribution in [2.75, 3.05) is 11.3 Å². The van der Waals surface area contributed by atoms with Crippen LogP contribution in [-0.4, -0.2) is 26.1 Å². The molecule has 1 aliphatic carbocycles. The average molecular weight is 546 g/mol. The highest BCUT2D eigenvalue weighted by atomic mass is 35.5. The van der Waals surface area contributed by atoms with Gasteiger partial charge in [-0.1, -0.05) is 35.3 Å². The summed E-state index contributed by atoms with van der Waals surface area (Å²) in [7, 11) is -4.24. The first kappa shape index (κ1) is 24.9. The van der Waals surface area contributed by atoms with Gasteiger partial charge in [0.05, 0.1) is 22.2 Å². The van der Waals surface area contributed by atoms with Crippen LogP contribution in [0.4, 0.5) is 14.6 Å². The van der Waals surface area contributed by atoms with E-state index in [4.69, 9.17) is 33.7 Å². The molecule has 34 heavy (non-hydrogen) atoms. The summed E-state index contributed by atoms with van der Waals surface area (Å²) in [6.07, 6.45) is 3.42. The molecule has 1 aliphatic rings. The lowest BCUT2D eigenvalue weighted by Crippen LogP contribution is -2.36. The zero-order chi connectivity index (χ0) is 24.5. The second kappa shape index (κ2) is 10.2. The summed E-state index contributed by atoms with van der Waals surface area (Å²) in [6, 6.07) is 6.05. The van der Waals surface area contributed by atoms with Gasteiger partial charge >= 0.3 is 0 Å². The minimum atomic E-state index is -4.24. The van der Waals surface area contributed by atoms with Crippen LogP contribution in [0.15, 0.2) is 52.2 Å². The van der Waals surface area contributed by atoms with Crippen LogP contribution in [0.1, 0.15) is 18.4 Å². The van der Waals surface area contributed by atoms with E-state index in [1.165, 1.54) is 34.4 Å². The highest BCUT2D eigenvalue weighted by Crippen LogP contribution is 2.36. The third kappa shape index (κ3) is 5.36. The molecule has 0 saturated heterocycles. The number of allylic oxidation sites excluding steroid dienone is 1. The Balaban J connectivity index is 1.55. The SMILES string of the molecule is NC1CCC=C(c2ccc(F)c(Cl)c2)C1COc1cc(F)c(S(=O)(=O)Nc2cscn2)cc1Cl. The van der Waals surface area contributed by atoms with Gasteiger partial charge in [-0.2, -0.15) is 0 Å². The van der Waals surface area contributed by atoms with E-state index < -0.39 is 26.6 Å². The molecule has 1 aromatic heterocycles. The number of halogens is 4. The molecule has 0 spiro atoms. The van der Waals surface area contributed by atoms with Gasteiger partial charge in [0.1, 0.15) is 22.3 Å². The van der Waals surface area contributed by atoms with Gasteiger partial charge in [-0.15, -0.1) is 11.3 Å².